The maximum Gasteiger partial charge on any atom is 0.278 e. The van der Waals surface area contributed by atoms with Gasteiger partial charge in [-0.05, 0) is 38.1 Å². The molecule has 1 amide bonds. The highest BCUT2D eigenvalue weighted by Crippen LogP contribution is 2.33. The number of amides is 1. The number of para-hydroxylation sites is 1. The van der Waals surface area contributed by atoms with E-state index in [0.717, 1.165) is 11.4 Å². The first-order valence-electron chi connectivity index (χ1n) is 11.3. The number of hydrogen-bond acceptors (Lipinski definition) is 9. The fourth-order valence-corrected chi connectivity index (χ4v) is 5.44. The van der Waals surface area contributed by atoms with Crippen LogP contribution in [0.15, 0.2) is 52.7 Å². The normalized spacial score (nSPS) is 14.2. The van der Waals surface area contributed by atoms with Crippen molar-refractivity contribution in [1.29, 1.82) is 0 Å². The minimum atomic E-state index is -3.49. The van der Waals surface area contributed by atoms with E-state index >= 15 is 0 Å². The van der Waals surface area contributed by atoms with Gasteiger partial charge in [-0.25, -0.2) is 13.4 Å². The number of ether oxygens (including phenoxy) is 1. The molecule has 36 heavy (non-hydrogen) atoms. The number of aromatic nitrogens is 1. The topological polar surface area (TPSA) is 123 Å². The number of sulfone groups is 1. The van der Waals surface area contributed by atoms with Crippen molar-refractivity contribution in [3.63, 3.8) is 0 Å². The molecule has 0 spiro atoms. The van der Waals surface area contributed by atoms with Gasteiger partial charge in [-0.15, -0.1) is 11.3 Å². The summed E-state index contributed by atoms with van der Waals surface area (Å²) in [6.07, 6.45) is 0.919. The van der Waals surface area contributed by atoms with E-state index in [1.54, 1.807) is 28.5 Å². The molecule has 0 aliphatic carbocycles. The second-order valence-electron chi connectivity index (χ2n) is 8.67. The van der Waals surface area contributed by atoms with E-state index in [1.165, 1.54) is 35.6 Å². The summed E-state index contributed by atoms with van der Waals surface area (Å²) in [6, 6.07) is 10.8. The van der Waals surface area contributed by atoms with Gasteiger partial charge in [0.25, 0.3) is 11.6 Å². The fourth-order valence-electron chi connectivity index (χ4n) is 3.92. The van der Waals surface area contributed by atoms with Crippen LogP contribution < -0.4 is 9.64 Å². The van der Waals surface area contributed by atoms with Crippen LogP contribution >= 0.6 is 11.3 Å². The van der Waals surface area contributed by atoms with E-state index in [4.69, 9.17) is 4.74 Å². The summed E-state index contributed by atoms with van der Waals surface area (Å²) >= 11 is 1.39. The predicted octanol–water partition coefficient (Wildman–Crippen LogP) is 3.87. The van der Waals surface area contributed by atoms with E-state index in [0.29, 0.717) is 43.2 Å². The number of carbonyl (C=O) groups excluding carboxylic acids is 1. The zero-order valence-corrected chi connectivity index (χ0v) is 21.7. The molecule has 0 bridgehead atoms. The lowest BCUT2D eigenvalue weighted by Crippen LogP contribution is -2.48. The number of thiazole rings is 1. The summed E-state index contributed by atoms with van der Waals surface area (Å²) in [5.41, 5.74) is 1.21. The number of benzene rings is 2. The number of rotatable bonds is 7. The van der Waals surface area contributed by atoms with E-state index < -0.39 is 14.8 Å². The Labute approximate surface area is 213 Å². The predicted molar refractivity (Wildman–Crippen MR) is 138 cm³/mol. The van der Waals surface area contributed by atoms with Crippen LogP contribution in [0, 0.1) is 10.1 Å². The molecule has 190 valence electrons. The van der Waals surface area contributed by atoms with Gasteiger partial charge in [0.05, 0.1) is 32.7 Å². The van der Waals surface area contributed by atoms with Crippen LogP contribution in [0.25, 0.3) is 11.3 Å². The Hall–Kier alpha value is -3.51. The van der Waals surface area contributed by atoms with Crippen LogP contribution in [0.2, 0.25) is 0 Å². The summed E-state index contributed by atoms with van der Waals surface area (Å²) < 4.78 is 29.9. The largest absolute Gasteiger partial charge is 0.490 e. The van der Waals surface area contributed by atoms with E-state index in [2.05, 4.69) is 4.98 Å². The summed E-state index contributed by atoms with van der Waals surface area (Å²) in [5.74, 6) is 0.0504. The van der Waals surface area contributed by atoms with Crippen molar-refractivity contribution >= 4 is 37.9 Å². The van der Waals surface area contributed by atoms with Crippen molar-refractivity contribution in [2.24, 2.45) is 0 Å². The van der Waals surface area contributed by atoms with Gasteiger partial charge in [0.15, 0.2) is 15.0 Å². The highest BCUT2D eigenvalue weighted by Gasteiger charge is 2.27. The molecule has 0 unspecified atom stereocenters. The van der Waals surface area contributed by atoms with E-state index in [9.17, 15) is 23.3 Å². The van der Waals surface area contributed by atoms with E-state index in [-0.39, 0.29) is 28.2 Å². The second kappa shape index (κ2) is 10.2. The fraction of sp³-hybridized carbons (Fsp3) is 0.333. The van der Waals surface area contributed by atoms with Gasteiger partial charge in [0, 0.05) is 43.9 Å². The summed E-state index contributed by atoms with van der Waals surface area (Å²) in [7, 11) is -3.49. The van der Waals surface area contributed by atoms with Crippen LogP contribution in [-0.2, 0) is 9.84 Å². The first kappa shape index (κ1) is 25.6. The highest BCUT2D eigenvalue weighted by atomic mass is 32.2. The van der Waals surface area contributed by atoms with Crippen LogP contribution in [0.5, 0.6) is 5.75 Å². The molecule has 1 aliphatic rings. The number of piperazine rings is 1. The molecule has 0 N–H and O–H groups in total. The van der Waals surface area contributed by atoms with Crippen LogP contribution in [-0.4, -0.2) is 67.7 Å². The number of nitro groups is 1. The van der Waals surface area contributed by atoms with E-state index in [1.807, 2.05) is 18.7 Å². The number of nitrogens with zero attached hydrogens (tertiary/aromatic N) is 4. The average Bonchev–Trinajstić information content (AvgIpc) is 3.33. The Morgan fingerprint density at radius 2 is 1.83 bits per heavy atom. The van der Waals surface area contributed by atoms with Crippen molar-refractivity contribution in [2.45, 2.75) is 24.8 Å². The molecule has 1 fully saturated rings. The third-order valence-corrected chi connectivity index (χ3v) is 7.69. The summed E-state index contributed by atoms with van der Waals surface area (Å²) in [4.78, 5) is 32.7. The number of anilines is 1. The lowest BCUT2D eigenvalue weighted by atomic mass is 10.1. The molecular formula is C24H26N4O6S2. The molecule has 0 radical (unpaired) electrons. The zero-order chi connectivity index (χ0) is 26.0. The monoisotopic (exact) mass is 530 g/mol. The first-order chi connectivity index (χ1) is 17.0. The maximum absolute atomic E-state index is 13.4. The second-order valence-corrected chi connectivity index (χ2v) is 11.5. The third kappa shape index (κ3) is 5.49. The minimum absolute atomic E-state index is 0.000473. The molecule has 1 aliphatic heterocycles. The Bertz CT molecular complexity index is 1400. The molecule has 10 nitrogen and oxygen atoms in total. The summed E-state index contributed by atoms with van der Waals surface area (Å²) in [5, 5.41) is 13.9. The van der Waals surface area contributed by atoms with Gasteiger partial charge in [-0.1, -0.05) is 12.1 Å². The molecular weight excluding hydrogens is 504 g/mol. The third-order valence-electron chi connectivity index (χ3n) is 5.68. The maximum atomic E-state index is 13.4. The van der Waals surface area contributed by atoms with Gasteiger partial charge in [-0.2, -0.15) is 0 Å². The lowest BCUT2D eigenvalue weighted by Gasteiger charge is -2.35. The Kier molecular flexibility index (Phi) is 7.27. The number of hydrogen-bond donors (Lipinski definition) is 0. The standard InChI is InChI=1S/C24H26N4O6S2/c1-16(2)34-22-9-8-17(36(3,32)33)14-19(22)23(29)26-10-12-27(13-11-26)24-25-20(15-35-24)18-6-4-5-7-21(18)28(30)31/h4-9,14-16H,10-13H2,1-3H3. The van der Waals surface area contributed by atoms with Gasteiger partial charge >= 0.3 is 0 Å². The van der Waals surface area contributed by atoms with Crippen LogP contribution in [0.3, 0.4) is 0 Å². The van der Waals surface area contributed by atoms with Crippen molar-refractivity contribution < 1.29 is 22.9 Å². The smallest absolute Gasteiger partial charge is 0.278 e. The Balaban J connectivity index is 1.50. The van der Waals surface area contributed by atoms with Crippen molar-refractivity contribution in [1.82, 2.24) is 9.88 Å². The highest BCUT2D eigenvalue weighted by molar-refractivity contribution is 7.90. The molecule has 3 aromatic rings. The van der Waals surface area contributed by atoms with Gasteiger partial charge in [-0.3, -0.25) is 14.9 Å². The molecule has 4 rings (SSSR count). The molecule has 12 heteroatoms. The molecule has 0 atom stereocenters. The zero-order valence-electron chi connectivity index (χ0n) is 20.1. The minimum Gasteiger partial charge on any atom is -0.490 e. The molecule has 2 aromatic carbocycles. The van der Waals surface area contributed by atoms with Gasteiger partial charge < -0.3 is 14.5 Å². The van der Waals surface area contributed by atoms with Gasteiger partial charge in [0.1, 0.15) is 5.75 Å². The molecule has 0 saturated carbocycles. The first-order valence-corrected chi connectivity index (χ1v) is 14.1. The number of nitro benzene ring substituents is 1. The molecule has 2 heterocycles. The average molecular weight is 531 g/mol. The van der Waals surface area contributed by atoms with Crippen molar-refractivity contribution in [2.75, 3.05) is 37.3 Å². The number of carbonyl (C=O) groups is 1. The van der Waals surface area contributed by atoms with Crippen molar-refractivity contribution in [3.8, 4) is 17.0 Å². The molecule has 1 saturated heterocycles. The van der Waals surface area contributed by atoms with Crippen LogP contribution in [0.4, 0.5) is 10.8 Å². The quantitative estimate of drug-likeness (QED) is 0.333. The lowest BCUT2D eigenvalue weighted by molar-refractivity contribution is -0.384. The summed E-state index contributed by atoms with van der Waals surface area (Å²) in [6.45, 7) is 5.52. The Morgan fingerprint density at radius 1 is 1.14 bits per heavy atom. The van der Waals surface area contributed by atoms with Crippen LogP contribution in [0.1, 0.15) is 24.2 Å². The van der Waals surface area contributed by atoms with Crippen molar-refractivity contribution in [3.05, 3.63) is 63.5 Å². The van der Waals surface area contributed by atoms with Gasteiger partial charge in [0.2, 0.25) is 0 Å². The molecule has 1 aromatic heterocycles. The Morgan fingerprint density at radius 3 is 2.47 bits per heavy atom. The SMILES string of the molecule is CC(C)Oc1ccc(S(C)(=O)=O)cc1C(=O)N1CCN(c2nc(-c3ccccc3[N+](=O)[O-])cs2)CC1.